The molecule has 2 aromatic carbocycles. The van der Waals surface area contributed by atoms with E-state index in [0.717, 1.165) is 48.1 Å². The lowest BCUT2D eigenvalue weighted by Crippen LogP contribution is -2.48. The van der Waals surface area contributed by atoms with Gasteiger partial charge in [0.1, 0.15) is 5.75 Å². The molecule has 4 nitrogen and oxygen atoms in total. The molecule has 1 heterocycles. The summed E-state index contributed by atoms with van der Waals surface area (Å²) in [5, 5.41) is 0.736. The van der Waals surface area contributed by atoms with Crippen LogP contribution in [0, 0.1) is 0 Å². The first-order valence-corrected chi connectivity index (χ1v) is 9.74. The minimum Gasteiger partial charge on any atom is -0.494 e. The van der Waals surface area contributed by atoms with E-state index in [1.54, 1.807) is 6.08 Å². The summed E-state index contributed by atoms with van der Waals surface area (Å²) in [4.78, 5) is 16.6. The minimum atomic E-state index is 0.0482. The second-order valence-electron chi connectivity index (χ2n) is 6.54. The number of amides is 1. The van der Waals surface area contributed by atoms with Gasteiger partial charge in [0.25, 0.3) is 0 Å². The Hall–Kier alpha value is -2.46. The first kappa shape index (κ1) is 19.3. The summed E-state index contributed by atoms with van der Waals surface area (Å²) in [6.45, 7) is 5.83. The van der Waals surface area contributed by atoms with E-state index in [-0.39, 0.29) is 5.91 Å². The average Bonchev–Trinajstić information content (AvgIpc) is 2.71. The van der Waals surface area contributed by atoms with Crippen molar-refractivity contribution in [3.05, 3.63) is 65.2 Å². The van der Waals surface area contributed by atoms with Crippen molar-refractivity contribution >= 4 is 29.3 Å². The van der Waals surface area contributed by atoms with Crippen LogP contribution in [0.4, 0.5) is 5.69 Å². The number of nitrogens with zero attached hydrogens (tertiary/aromatic N) is 2. The monoisotopic (exact) mass is 384 g/mol. The number of hydrogen-bond donors (Lipinski definition) is 0. The first-order valence-electron chi connectivity index (χ1n) is 9.36. The van der Waals surface area contributed by atoms with Crippen molar-refractivity contribution in [2.45, 2.75) is 13.3 Å². The molecule has 1 fully saturated rings. The second-order valence-corrected chi connectivity index (χ2v) is 6.98. The number of anilines is 1. The van der Waals surface area contributed by atoms with Crippen LogP contribution in [0.15, 0.2) is 54.6 Å². The smallest absolute Gasteiger partial charge is 0.246 e. The number of rotatable bonds is 6. The highest BCUT2D eigenvalue weighted by Crippen LogP contribution is 2.21. The Balaban J connectivity index is 1.51. The zero-order valence-corrected chi connectivity index (χ0v) is 16.4. The minimum absolute atomic E-state index is 0.0482. The molecule has 0 bridgehead atoms. The van der Waals surface area contributed by atoms with Crippen LogP contribution in [0.5, 0.6) is 5.75 Å². The SMILES string of the molecule is CCCOc1ccc(C=CC(=O)N2CCN(c3cccc(Cl)c3)CC2)cc1. The van der Waals surface area contributed by atoms with Gasteiger partial charge in [0.15, 0.2) is 0 Å². The lowest BCUT2D eigenvalue weighted by atomic mass is 10.2. The lowest BCUT2D eigenvalue weighted by molar-refractivity contribution is -0.126. The number of ether oxygens (including phenoxy) is 1. The third-order valence-electron chi connectivity index (χ3n) is 4.54. The summed E-state index contributed by atoms with van der Waals surface area (Å²) >= 11 is 6.07. The summed E-state index contributed by atoms with van der Waals surface area (Å²) in [5.74, 6) is 0.907. The van der Waals surface area contributed by atoms with Crippen LogP contribution < -0.4 is 9.64 Å². The van der Waals surface area contributed by atoms with E-state index in [0.29, 0.717) is 13.1 Å². The van der Waals surface area contributed by atoms with Crippen LogP contribution in [-0.2, 0) is 4.79 Å². The van der Waals surface area contributed by atoms with Crippen molar-refractivity contribution in [2.24, 2.45) is 0 Å². The average molecular weight is 385 g/mol. The zero-order valence-electron chi connectivity index (χ0n) is 15.6. The van der Waals surface area contributed by atoms with E-state index in [2.05, 4.69) is 17.9 Å². The Labute approximate surface area is 166 Å². The van der Waals surface area contributed by atoms with Crippen molar-refractivity contribution < 1.29 is 9.53 Å². The molecule has 0 N–H and O–H groups in total. The molecule has 1 amide bonds. The van der Waals surface area contributed by atoms with Gasteiger partial charge in [-0.3, -0.25) is 4.79 Å². The summed E-state index contributed by atoms with van der Waals surface area (Å²) in [5.41, 5.74) is 2.10. The summed E-state index contributed by atoms with van der Waals surface area (Å²) < 4.78 is 5.57. The number of carbonyl (C=O) groups excluding carboxylic acids is 1. The Bertz CT molecular complexity index is 781. The molecule has 1 aliphatic heterocycles. The largest absolute Gasteiger partial charge is 0.494 e. The van der Waals surface area contributed by atoms with E-state index in [1.807, 2.05) is 53.4 Å². The van der Waals surface area contributed by atoms with Crippen LogP contribution in [0.3, 0.4) is 0 Å². The molecule has 3 rings (SSSR count). The Morgan fingerprint density at radius 3 is 2.52 bits per heavy atom. The predicted octanol–water partition coefficient (Wildman–Crippen LogP) is 4.49. The van der Waals surface area contributed by atoms with Gasteiger partial charge in [0.2, 0.25) is 5.91 Å². The molecule has 27 heavy (non-hydrogen) atoms. The van der Waals surface area contributed by atoms with Gasteiger partial charge >= 0.3 is 0 Å². The van der Waals surface area contributed by atoms with Gasteiger partial charge in [-0.05, 0) is 48.4 Å². The fourth-order valence-electron chi connectivity index (χ4n) is 3.03. The predicted molar refractivity (Wildman–Crippen MR) is 112 cm³/mol. The third-order valence-corrected chi connectivity index (χ3v) is 4.77. The van der Waals surface area contributed by atoms with Crippen LogP contribution in [0.25, 0.3) is 6.08 Å². The molecule has 2 aromatic rings. The second kappa shape index (κ2) is 9.47. The van der Waals surface area contributed by atoms with Crippen molar-refractivity contribution in [3.63, 3.8) is 0 Å². The molecule has 1 saturated heterocycles. The molecular formula is C22H25ClN2O2. The van der Waals surface area contributed by atoms with Crippen molar-refractivity contribution in [1.82, 2.24) is 4.90 Å². The molecule has 1 aliphatic rings. The lowest BCUT2D eigenvalue weighted by Gasteiger charge is -2.35. The zero-order chi connectivity index (χ0) is 19.1. The maximum atomic E-state index is 12.5. The van der Waals surface area contributed by atoms with E-state index in [4.69, 9.17) is 16.3 Å². The van der Waals surface area contributed by atoms with E-state index in [9.17, 15) is 4.79 Å². The highest BCUT2D eigenvalue weighted by Gasteiger charge is 2.19. The molecule has 0 aromatic heterocycles. The maximum absolute atomic E-state index is 12.5. The molecule has 0 saturated carbocycles. The summed E-state index contributed by atoms with van der Waals surface area (Å²) in [7, 11) is 0. The van der Waals surface area contributed by atoms with Gasteiger partial charge in [-0.25, -0.2) is 0 Å². The first-order chi connectivity index (χ1) is 13.2. The standard InChI is InChI=1S/C22H25ClN2O2/c1-2-16-27-21-9-6-18(7-10-21)8-11-22(26)25-14-12-24(13-15-25)20-5-3-4-19(23)17-20/h3-11,17H,2,12-16H2,1H3. The molecule has 5 heteroatoms. The molecular weight excluding hydrogens is 360 g/mol. The summed E-state index contributed by atoms with van der Waals surface area (Å²) in [6.07, 6.45) is 4.49. The van der Waals surface area contributed by atoms with Crippen molar-refractivity contribution in [3.8, 4) is 5.75 Å². The van der Waals surface area contributed by atoms with Crippen LogP contribution in [-0.4, -0.2) is 43.6 Å². The maximum Gasteiger partial charge on any atom is 0.246 e. The number of benzene rings is 2. The summed E-state index contributed by atoms with van der Waals surface area (Å²) in [6, 6.07) is 15.6. The third kappa shape index (κ3) is 5.51. The Morgan fingerprint density at radius 1 is 1.11 bits per heavy atom. The van der Waals surface area contributed by atoms with Gasteiger partial charge in [-0.15, -0.1) is 0 Å². The van der Waals surface area contributed by atoms with Crippen LogP contribution in [0.1, 0.15) is 18.9 Å². The van der Waals surface area contributed by atoms with E-state index in [1.165, 1.54) is 0 Å². The number of halogens is 1. The molecule has 142 valence electrons. The molecule has 0 spiro atoms. The van der Waals surface area contributed by atoms with Crippen molar-refractivity contribution in [2.75, 3.05) is 37.7 Å². The van der Waals surface area contributed by atoms with Gasteiger partial charge in [0.05, 0.1) is 6.61 Å². The molecule has 0 atom stereocenters. The fourth-order valence-corrected chi connectivity index (χ4v) is 3.21. The quantitative estimate of drug-likeness (QED) is 0.688. The molecule has 0 radical (unpaired) electrons. The molecule has 0 unspecified atom stereocenters. The van der Waals surface area contributed by atoms with Gasteiger partial charge in [-0.1, -0.05) is 36.7 Å². The highest BCUT2D eigenvalue weighted by molar-refractivity contribution is 6.30. The number of hydrogen-bond acceptors (Lipinski definition) is 3. The topological polar surface area (TPSA) is 32.8 Å². The Kier molecular flexibility index (Phi) is 6.77. The van der Waals surface area contributed by atoms with E-state index < -0.39 is 0 Å². The van der Waals surface area contributed by atoms with Gasteiger partial charge in [-0.2, -0.15) is 0 Å². The number of piperazine rings is 1. The number of carbonyl (C=O) groups is 1. The fraction of sp³-hybridized carbons (Fsp3) is 0.318. The van der Waals surface area contributed by atoms with E-state index >= 15 is 0 Å². The normalized spacial score (nSPS) is 14.6. The van der Waals surface area contributed by atoms with Crippen LogP contribution in [0.2, 0.25) is 5.02 Å². The van der Waals surface area contributed by atoms with Gasteiger partial charge in [0, 0.05) is 43.0 Å². The highest BCUT2D eigenvalue weighted by atomic mass is 35.5. The molecule has 0 aliphatic carbocycles. The van der Waals surface area contributed by atoms with Crippen molar-refractivity contribution in [1.29, 1.82) is 0 Å². The Morgan fingerprint density at radius 2 is 1.85 bits per heavy atom. The van der Waals surface area contributed by atoms with Crippen LogP contribution >= 0.6 is 11.6 Å². The van der Waals surface area contributed by atoms with Gasteiger partial charge < -0.3 is 14.5 Å².